The molecule has 2 aromatic rings. The minimum absolute atomic E-state index is 0.0193. The lowest BCUT2D eigenvalue weighted by Crippen LogP contribution is -2.19. The first-order chi connectivity index (χ1) is 13.5. The number of carbonyl (C=O) groups excluding carboxylic acids is 2. The Morgan fingerprint density at radius 2 is 2.25 bits per heavy atom. The van der Waals surface area contributed by atoms with Crippen LogP contribution in [0.4, 0.5) is 10.8 Å². The second-order valence-corrected chi connectivity index (χ2v) is 8.56. The van der Waals surface area contributed by atoms with Gasteiger partial charge < -0.3 is 15.4 Å². The zero-order valence-corrected chi connectivity index (χ0v) is 16.9. The van der Waals surface area contributed by atoms with Gasteiger partial charge in [0.25, 0.3) is 5.91 Å². The van der Waals surface area contributed by atoms with Crippen molar-refractivity contribution in [1.29, 1.82) is 0 Å². The van der Waals surface area contributed by atoms with Crippen LogP contribution in [0.25, 0.3) is 6.08 Å². The molecule has 0 spiro atoms. The van der Waals surface area contributed by atoms with E-state index >= 15 is 0 Å². The van der Waals surface area contributed by atoms with Gasteiger partial charge in [0.2, 0.25) is 5.91 Å². The Labute approximate surface area is 170 Å². The Kier molecular flexibility index (Phi) is 5.19. The van der Waals surface area contributed by atoms with E-state index in [9.17, 15) is 9.59 Å². The Balaban J connectivity index is 1.47. The molecule has 1 aromatic heterocycles. The number of carbonyl (C=O) groups is 2. The normalized spacial score (nSPS) is 19.1. The van der Waals surface area contributed by atoms with Crippen LogP contribution >= 0.6 is 23.1 Å². The van der Waals surface area contributed by atoms with Gasteiger partial charge in [-0.25, -0.2) is 9.98 Å². The Morgan fingerprint density at radius 1 is 1.43 bits per heavy atom. The molecule has 28 heavy (non-hydrogen) atoms. The van der Waals surface area contributed by atoms with Crippen molar-refractivity contribution >= 4 is 57.0 Å². The molecule has 7 nitrogen and oxygen atoms in total. The standard InChI is InChI=1S/C19H18N4O3S2/c1-10-7-12(26-2)5-6-14(10)21-19-23-17(25)15(28-19)8-13-9-20-18(27-13)22-16(24)11-3-4-11/h5-9,11H,3-4H2,1-2H3,(H,20,22,24)(H,21,23,25)/b15-8-. The van der Waals surface area contributed by atoms with Crippen LogP contribution < -0.4 is 15.4 Å². The first-order valence-corrected chi connectivity index (χ1v) is 10.4. The molecule has 1 aliphatic heterocycles. The highest BCUT2D eigenvalue weighted by Gasteiger charge is 2.30. The van der Waals surface area contributed by atoms with Gasteiger partial charge in [0.1, 0.15) is 5.75 Å². The van der Waals surface area contributed by atoms with Crippen molar-refractivity contribution in [1.82, 2.24) is 10.3 Å². The molecule has 0 atom stereocenters. The van der Waals surface area contributed by atoms with Gasteiger partial charge in [-0.15, -0.1) is 0 Å². The summed E-state index contributed by atoms with van der Waals surface area (Å²) in [7, 11) is 1.62. The van der Waals surface area contributed by atoms with Gasteiger partial charge in [0.05, 0.1) is 22.6 Å². The molecule has 2 fully saturated rings. The van der Waals surface area contributed by atoms with Gasteiger partial charge >= 0.3 is 0 Å². The van der Waals surface area contributed by atoms with E-state index in [1.807, 2.05) is 25.1 Å². The Morgan fingerprint density at radius 3 is 2.96 bits per heavy atom. The van der Waals surface area contributed by atoms with Gasteiger partial charge in [-0.05, 0) is 61.4 Å². The molecule has 9 heteroatoms. The number of hydrogen-bond acceptors (Lipinski definition) is 7. The van der Waals surface area contributed by atoms with E-state index in [2.05, 4.69) is 20.6 Å². The lowest BCUT2D eigenvalue weighted by atomic mass is 10.2. The van der Waals surface area contributed by atoms with Crippen molar-refractivity contribution in [2.75, 3.05) is 12.4 Å². The molecule has 2 heterocycles. The zero-order chi connectivity index (χ0) is 19.7. The van der Waals surface area contributed by atoms with Crippen LogP contribution in [0.15, 0.2) is 34.3 Å². The summed E-state index contributed by atoms with van der Waals surface area (Å²) in [6.45, 7) is 1.94. The number of nitrogens with zero attached hydrogens (tertiary/aromatic N) is 2. The van der Waals surface area contributed by atoms with Gasteiger partial charge in [0.15, 0.2) is 10.3 Å². The average Bonchev–Trinajstić information content (AvgIpc) is 3.35. The average molecular weight is 415 g/mol. The maximum absolute atomic E-state index is 12.3. The number of thioether (sulfide) groups is 1. The number of aromatic nitrogens is 1. The molecule has 2 N–H and O–H groups in total. The third-order valence-corrected chi connectivity index (χ3v) is 6.02. The highest BCUT2D eigenvalue weighted by atomic mass is 32.2. The van der Waals surface area contributed by atoms with Crippen LogP contribution in [0.3, 0.4) is 0 Å². The summed E-state index contributed by atoms with van der Waals surface area (Å²) in [5.74, 6) is 0.708. The van der Waals surface area contributed by atoms with E-state index in [4.69, 9.17) is 4.74 Å². The van der Waals surface area contributed by atoms with Crippen LogP contribution in [0, 0.1) is 12.8 Å². The van der Waals surface area contributed by atoms with E-state index in [1.54, 1.807) is 19.4 Å². The van der Waals surface area contributed by atoms with Crippen molar-refractivity contribution in [3.8, 4) is 5.75 Å². The molecule has 2 aliphatic rings. The number of ether oxygens (including phenoxy) is 1. The first kappa shape index (κ1) is 18.7. The van der Waals surface area contributed by atoms with Gasteiger partial charge in [-0.2, -0.15) is 0 Å². The Bertz CT molecular complexity index is 1010. The highest BCUT2D eigenvalue weighted by Crippen LogP contribution is 2.33. The van der Waals surface area contributed by atoms with Crippen molar-refractivity contribution < 1.29 is 14.3 Å². The molecule has 1 saturated heterocycles. The second-order valence-electron chi connectivity index (χ2n) is 6.47. The summed E-state index contributed by atoms with van der Waals surface area (Å²) in [4.78, 5) is 34.1. The molecule has 1 aromatic carbocycles. The summed E-state index contributed by atoms with van der Waals surface area (Å²) in [5.41, 5.74) is 1.73. The molecular weight excluding hydrogens is 396 g/mol. The van der Waals surface area contributed by atoms with Gasteiger partial charge in [-0.3, -0.25) is 9.59 Å². The van der Waals surface area contributed by atoms with Crippen molar-refractivity contribution in [3.63, 3.8) is 0 Å². The van der Waals surface area contributed by atoms with Crippen LogP contribution in [-0.4, -0.2) is 29.1 Å². The second kappa shape index (κ2) is 7.76. The maximum Gasteiger partial charge on any atom is 0.264 e. The largest absolute Gasteiger partial charge is 0.497 e. The third-order valence-electron chi connectivity index (χ3n) is 4.25. The van der Waals surface area contributed by atoms with E-state index in [1.165, 1.54) is 23.1 Å². The number of aliphatic imine (C=N–C) groups is 1. The summed E-state index contributed by atoms with van der Waals surface area (Å²) >= 11 is 2.62. The molecule has 4 rings (SSSR count). The van der Waals surface area contributed by atoms with Gasteiger partial charge in [0, 0.05) is 12.1 Å². The number of hydrogen-bond donors (Lipinski definition) is 2. The number of aryl methyl sites for hydroxylation is 1. The number of methoxy groups -OCH3 is 1. The monoisotopic (exact) mass is 414 g/mol. The number of amides is 2. The minimum Gasteiger partial charge on any atom is -0.497 e. The zero-order valence-electron chi connectivity index (χ0n) is 15.3. The van der Waals surface area contributed by atoms with Crippen LogP contribution in [0.5, 0.6) is 5.75 Å². The van der Waals surface area contributed by atoms with Crippen LogP contribution in [-0.2, 0) is 9.59 Å². The van der Waals surface area contributed by atoms with Crippen molar-refractivity contribution in [3.05, 3.63) is 39.7 Å². The lowest BCUT2D eigenvalue weighted by molar-refractivity contribution is -0.117. The minimum atomic E-state index is -0.202. The number of anilines is 1. The fourth-order valence-corrected chi connectivity index (χ4v) is 4.23. The molecular formula is C19H18N4O3S2. The number of nitrogens with one attached hydrogen (secondary N) is 2. The van der Waals surface area contributed by atoms with Gasteiger partial charge in [-0.1, -0.05) is 11.3 Å². The predicted octanol–water partition coefficient (Wildman–Crippen LogP) is 3.70. The molecule has 0 radical (unpaired) electrons. The highest BCUT2D eigenvalue weighted by molar-refractivity contribution is 8.18. The smallest absolute Gasteiger partial charge is 0.264 e. The number of benzene rings is 1. The molecule has 1 saturated carbocycles. The number of thiazole rings is 1. The molecule has 0 unspecified atom stereocenters. The SMILES string of the molecule is COc1ccc(/N=C2/NC(=O)/C(=C/c3cnc(NC(=O)C4CC4)s3)S2)c(C)c1. The summed E-state index contributed by atoms with van der Waals surface area (Å²) < 4.78 is 5.20. The first-order valence-electron chi connectivity index (χ1n) is 8.73. The lowest BCUT2D eigenvalue weighted by Gasteiger charge is -2.04. The summed E-state index contributed by atoms with van der Waals surface area (Å²) in [5, 5.41) is 6.67. The third kappa shape index (κ3) is 4.26. The molecule has 1 aliphatic carbocycles. The van der Waals surface area contributed by atoms with E-state index in [0.29, 0.717) is 15.2 Å². The van der Waals surface area contributed by atoms with Crippen LogP contribution in [0.2, 0.25) is 0 Å². The number of amidine groups is 1. The molecule has 0 bridgehead atoms. The summed E-state index contributed by atoms with van der Waals surface area (Å²) in [6, 6.07) is 5.58. The summed E-state index contributed by atoms with van der Waals surface area (Å²) in [6.07, 6.45) is 5.30. The van der Waals surface area contributed by atoms with E-state index < -0.39 is 0 Å². The molecule has 144 valence electrons. The fraction of sp³-hybridized carbons (Fsp3) is 0.263. The maximum atomic E-state index is 12.3. The predicted molar refractivity (Wildman–Crippen MR) is 112 cm³/mol. The molecule has 2 amide bonds. The van der Waals surface area contributed by atoms with Crippen molar-refractivity contribution in [2.24, 2.45) is 10.9 Å². The van der Waals surface area contributed by atoms with E-state index in [0.717, 1.165) is 34.7 Å². The van der Waals surface area contributed by atoms with E-state index in [-0.39, 0.29) is 17.7 Å². The number of rotatable bonds is 5. The fourth-order valence-electron chi connectivity index (χ4n) is 2.56. The van der Waals surface area contributed by atoms with Crippen molar-refractivity contribution in [2.45, 2.75) is 19.8 Å². The quantitative estimate of drug-likeness (QED) is 0.728. The topological polar surface area (TPSA) is 92.7 Å². The Hall–Kier alpha value is -2.65. The van der Waals surface area contributed by atoms with Crippen LogP contribution in [0.1, 0.15) is 23.3 Å².